The fourth-order valence-corrected chi connectivity index (χ4v) is 0.806. The minimum Gasteiger partial charge on any atom is -0.391 e. The molecule has 3 nitrogen and oxygen atoms in total. The lowest BCUT2D eigenvalue weighted by molar-refractivity contribution is -0.0970. The Hall–Kier alpha value is -0.120. The van der Waals surface area contributed by atoms with Crippen molar-refractivity contribution in [2.24, 2.45) is 0 Å². The molecule has 0 spiro atoms. The van der Waals surface area contributed by atoms with Gasteiger partial charge in [-0.05, 0) is 12.8 Å². The monoisotopic (exact) mass is 132 g/mol. The third kappa shape index (κ3) is 2.79. The third-order valence-corrected chi connectivity index (χ3v) is 1.30. The highest BCUT2D eigenvalue weighted by atomic mass is 16.7. The first-order valence-corrected chi connectivity index (χ1v) is 3.23. The first kappa shape index (κ1) is 6.99. The second-order valence-electron chi connectivity index (χ2n) is 2.19. The van der Waals surface area contributed by atoms with Crippen molar-refractivity contribution in [2.75, 3.05) is 20.0 Å². The van der Waals surface area contributed by atoms with Crippen LogP contribution in [0.5, 0.6) is 0 Å². The van der Waals surface area contributed by atoms with Crippen LogP contribution in [0.2, 0.25) is 0 Å². The number of rotatable bonds is 0. The second-order valence-corrected chi connectivity index (χ2v) is 2.19. The van der Waals surface area contributed by atoms with E-state index >= 15 is 0 Å². The van der Waals surface area contributed by atoms with Crippen LogP contribution in [0.3, 0.4) is 0 Å². The molecule has 1 rings (SSSR count). The zero-order valence-corrected chi connectivity index (χ0v) is 5.38. The van der Waals surface area contributed by atoms with Crippen molar-refractivity contribution < 1.29 is 14.6 Å². The fraction of sp³-hybridized carbons (Fsp3) is 1.00. The molecule has 54 valence electrons. The molecule has 1 atom stereocenters. The van der Waals surface area contributed by atoms with Crippen LogP contribution in [0.15, 0.2) is 0 Å². The van der Waals surface area contributed by atoms with Gasteiger partial charge in [0.1, 0.15) is 6.79 Å². The average molecular weight is 132 g/mol. The summed E-state index contributed by atoms with van der Waals surface area (Å²) in [6.45, 7) is 1.45. The van der Waals surface area contributed by atoms with Gasteiger partial charge < -0.3 is 14.6 Å². The molecule has 1 saturated heterocycles. The van der Waals surface area contributed by atoms with E-state index in [1.54, 1.807) is 0 Å². The van der Waals surface area contributed by atoms with Gasteiger partial charge in [0.2, 0.25) is 0 Å². The maximum Gasteiger partial charge on any atom is 0.146 e. The molecule has 1 heterocycles. The molecule has 0 aromatic rings. The zero-order chi connectivity index (χ0) is 6.53. The average Bonchev–Trinajstić information content (AvgIpc) is 1.79. The molecule has 1 unspecified atom stereocenters. The van der Waals surface area contributed by atoms with Crippen molar-refractivity contribution in [3.63, 3.8) is 0 Å². The van der Waals surface area contributed by atoms with E-state index in [2.05, 4.69) is 0 Å². The Kier molecular flexibility index (Phi) is 2.97. The number of hydrogen-bond acceptors (Lipinski definition) is 3. The molecule has 9 heavy (non-hydrogen) atoms. The van der Waals surface area contributed by atoms with Crippen LogP contribution in [0, 0.1) is 0 Å². The molecule has 3 heteroatoms. The highest BCUT2D eigenvalue weighted by molar-refractivity contribution is 4.54. The minimum absolute atomic E-state index is 0.283. The number of hydrogen-bond donors (Lipinski definition) is 1. The van der Waals surface area contributed by atoms with E-state index in [-0.39, 0.29) is 6.10 Å². The summed E-state index contributed by atoms with van der Waals surface area (Å²) in [7, 11) is 0. The summed E-state index contributed by atoms with van der Waals surface area (Å²) in [5.74, 6) is 0. The standard InChI is InChI=1S/C6H12O3/c7-6-2-1-3-8-5-9-4-6/h6-7H,1-5H2. The molecule has 0 aromatic carbocycles. The van der Waals surface area contributed by atoms with E-state index in [1.165, 1.54) is 0 Å². The normalized spacial score (nSPS) is 31.0. The molecule has 0 aliphatic carbocycles. The molecule has 1 fully saturated rings. The minimum atomic E-state index is -0.283. The molecular formula is C6H12O3. The van der Waals surface area contributed by atoms with Gasteiger partial charge in [0.25, 0.3) is 0 Å². The summed E-state index contributed by atoms with van der Waals surface area (Å²) in [4.78, 5) is 0. The lowest BCUT2D eigenvalue weighted by atomic mass is 10.2. The van der Waals surface area contributed by atoms with Crippen molar-refractivity contribution in [1.29, 1.82) is 0 Å². The van der Waals surface area contributed by atoms with E-state index in [4.69, 9.17) is 14.6 Å². The predicted molar refractivity (Wildman–Crippen MR) is 32.0 cm³/mol. The Balaban J connectivity index is 2.12. The lowest BCUT2D eigenvalue weighted by Gasteiger charge is -2.14. The first-order chi connectivity index (χ1) is 4.39. The van der Waals surface area contributed by atoms with Crippen molar-refractivity contribution in [3.05, 3.63) is 0 Å². The van der Waals surface area contributed by atoms with E-state index in [0.717, 1.165) is 12.8 Å². The second kappa shape index (κ2) is 3.82. The van der Waals surface area contributed by atoms with Gasteiger partial charge in [-0.3, -0.25) is 0 Å². The molecular weight excluding hydrogens is 120 g/mol. The van der Waals surface area contributed by atoms with Gasteiger partial charge in [0.05, 0.1) is 12.7 Å². The van der Waals surface area contributed by atoms with E-state index in [9.17, 15) is 0 Å². The Labute approximate surface area is 54.6 Å². The van der Waals surface area contributed by atoms with Crippen molar-refractivity contribution in [3.8, 4) is 0 Å². The van der Waals surface area contributed by atoms with Gasteiger partial charge in [-0.15, -0.1) is 0 Å². The predicted octanol–water partition coefficient (Wildman–Crippen LogP) is 0.132. The van der Waals surface area contributed by atoms with Crippen LogP contribution in [0.25, 0.3) is 0 Å². The number of aliphatic hydroxyl groups excluding tert-OH is 1. The van der Waals surface area contributed by atoms with Gasteiger partial charge in [-0.25, -0.2) is 0 Å². The molecule has 0 saturated carbocycles. The SMILES string of the molecule is OC1CCCOCOC1. The molecule has 1 aliphatic rings. The summed E-state index contributed by atoms with van der Waals surface area (Å²) in [6.07, 6.45) is 1.44. The number of ether oxygens (including phenoxy) is 2. The van der Waals surface area contributed by atoms with Gasteiger partial charge >= 0.3 is 0 Å². The Morgan fingerprint density at radius 1 is 1.33 bits per heavy atom. The number of aliphatic hydroxyl groups is 1. The van der Waals surface area contributed by atoms with Gasteiger partial charge in [-0.2, -0.15) is 0 Å². The quantitative estimate of drug-likeness (QED) is 0.509. The maximum atomic E-state index is 9.03. The Morgan fingerprint density at radius 3 is 3.11 bits per heavy atom. The van der Waals surface area contributed by atoms with Gasteiger partial charge in [0.15, 0.2) is 0 Å². The van der Waals surface area contributed by atoms with Gasteiger partial charge in [0, 0.05) is 6.61 Å². The highest BCUT2D eigenvalue weighted by Gasteiger charge is 2.06. The first-order valence-electron chi connectivity index (χ1n) is 3.23. The molecule has 0 amide bonds. The lowest BCUT2D eigenvalue weighted by Crippen LogP contribution is -2.20. The van der Waals surface area contributed by atoms with Crippen molar-refractivity contribution >= 4 is 0 Å². The summed E-state index contributed by atoms with van der Waals surface area (Å²) in [5, 5.41) is 9.03. The third-order valence-electron chi connectivity index (χ3n) is 1.30. The Bertz CT molecular complexity index is 66.7. The van der Waals surface area contributed by atoms with E-state index < -0.39 is 0 Å². The molecule has 0 radical (unpaired) electrons. The van der Waals surface area contributed by atoms with Crippen molar-refractivity contribution in [2.45, 2.75) is 18.9 Å². The zero-order valence-electron chi connectivity index (χ0n) is 5.38. The molecule has 0 aromatic heterocycles. The topological polar surface area (TPSA) is 38.7 Å². The maximum absolute atomic E-state index is 9.03. The molecule has 1 aliphatic heterocycles. The molecule has 1 N–H and O–H groups in total. The van der Waals surface area contributed by atoms with Crippen LogP contribution in [-0.2, 0) is 9.47 Å². The largest absolute Gasteiger partial charge is 0.391 e. The summed E-state index contributed by atoms with van der Waals surface area (Å²) in [6, 6.07) is 0. The Morgan fingerprint density at radius 2 is 2.22 bits per heavy atom. The fourth-order valence-electron chi connectivity index (χ4n) is 0.806. The summed E-state index contributed by atoms with van der Waals surface area (Å²) in [5.41, 5.74) is 0. The summed E-state index contributed by atoms with van der Waals surface area (Å²) >= 11 is 0. The van der Waals surface area contributed by atoms with E-state index in [0.29, 0.717) is 20.0 Å². The van der Waals surface area contributed by atoms with Crippen LogP contribution in [-0.4, -0.2) is 31.2 Å². The van der Waals surface area contributed by atoms with Crippen molar-refractivity contribution in [1.82, 2.24) is 0 Å². The molecule has 0 bridgehead atoms. The van der Waals surface area contributed by atoms with Crippen LogP contribution < -0.4 is 0 Å². The van der Waals surface area contributed by atoms with Gasteiger partial charge in [-0.1, -0.05) is 0 Å². The van der Waals surface area contributed by atoms with Crippen LogP contribution in [0.1, 0.15) is 12.8 Å². The highest BCUT2D eigenvalue weighted by Crippen LogP contribution is 2.01. The smallest absolute Gasteiger partial charge is 0.146 e. The van der Waals surface area contributed by atoms with E-state index in [1.807, 2.05) is 0 Å². The van der Waals surface area contributed by atoms with Crippen LogP contribution >= 0.6 is 0 Å². The van der Waals surface area contributed by atoms with Crippen LogP contribution in [0.4, 0.5) is 0 Å². The summed E-state index contributed by atoms with van der Waals surface area (Å²) < 4.78 is 9.90.